The van der Waals surface area contributed by atoms with Gasteiger partial charge in [0.05, 0.1) is 6.10 Å². The second-order valence-corrected chi connectivity index (χ2v) is 6.08. The van der Waals surface area contributed by atoms with Crippen LogP contribution in [0.4, 0.5) is 0 Å². The molecule has 1 amide bonds. The highest BCUT2D eigenvalue weighted by molar-refractivity contribution is 5.82. The molecule has 2 saturated heterocycles. The van der Waals surface area contributed by atoms with Gasteiger partial charge in [0, 0.05) is 12.1 Å². The molecule has 0 aromatic heterocycles. The summed E-state index contributed by atoms with van der Waals surface area (Å²) in [7, 11) is 0. The molecular weight excluding hydrogens is 266 g/mol. The zero-order valence-electron chi connectivity index (χ0n) is 12.4. The third-order valence-corrected chi connectivity index (χ3v) is 4.63. The average molecular weight is 289 g/mol. The Bertz CT molecular complexity index is 476. The molecule has 2 bridgehead atoms. The highest BCUT2D eigenvalue weighted by Crippen LogP contribution is 2.36. The van der Waals surface area contributed by atoms with Crippen LogP contribution in [0.5, 0.6) is 5.75 Å². The maximum Gasteiger partial charge on any atom is 0.264 e. The summed E-state index contributed by atoms with van der Waals surface area (Å²) in [4.78, 5) is 14.8. The fraction of sp³-hybridized carbons (Fsp3) is 0.588. The normalized spacial score (nSPS) is 29.2. The highest BCUT2D eigenvalue weighted by Gasteiger charge is 2.44. The quantitative estimate of drug-likeness (QED) is 0.925. The molecule has 1 aromatic carbocycles. The number of amides is 1. The fourth-order valence-electron chi connectivity index (χ4n) is 3.65. The molecule has 2 aliphatic rings. The lowest BCUT2D eigenvalue weighted by molar-refractivity contribution is -0.145. The van der Waals surface area contributed by atoms with Crippen molar-refractivity contribution in [3.8, 4) is 5.75 Å². The maximum absolute atomic E-state index is 12.8. The van der Waals surface area contributed by atoms with Gasteiger partial charge in [-0.2, -0.15) is 0 Å². The molecule has 1 N–H and O–H groups in total. The Morgan fingerprint density at radius 3 is 2.48 bits per heavy atom. The minimum atomic E-state index is -0.425. The van der Waals surface area contributed by atoms with Crippen LogP contribution in [0, 0.1) is 0 Å². The van der Waals surface area contributed by atoms with E-state index in [1.165, 1.54) is 0 Å². The van der Waals surface area contributed by atoms with Crippen LogP contribution in [-0.4, -0.2) is 40.2 Å². The van der Waals surface area contributed by atoms with E-state index in [2.05, 4.69) is 0 Å². The monoisotopic (exact) mass is 289 g/mol. The topological polar surface area (TPSA) is 49.8 Å². The van der Waals surface area contributed by atoms with Gasteiger partial charge in [0.15, 0.2) is 6.10 Å². The molecule has 0 spiro atoms. The summed E-state index contributed by atoms with van der Waals surface area (Å²) in [5, 5.41) is 9.85. The van der Waals surface area contributed by atoms with Gasteiger partial charge in [0.1, 0.15) is 5.75 Å². The van der Waals surface area contributed by atoms with E-state index in [0.717, 1.165) is 18.6 Å². The maximum atomic E-state index is 12.8. The highest BCUT2D eigenvalue weighted by atomic mass is 16.5. The molecule has 2 heterocycles. The zero-order chi connectivity index (χ0) is 14.8. The minimum Gasteiger partial charge on any atom is -0.481 e. The number of rotatable bonds is 4. The number of fused-ring (bicyclic) bond motifs is 2. The number of benzene rings is 1. The van der Waals surface area contributed by atoms with Crippen LogP contribution >= 0.6 is 0 Å². The smallest absolute Gasteiger partial charge is 0.264 e. The van der Waals surface area contributed by atoms with Crippen molar-refractivity contribution in [1.82, 2.24) is 4.90 Å². The van der Waals surface area contributed by atoms with E-state index < -0.39 is 6.10 Å². The van der Waals surface area contributed by atoms with Gasteiger partial charge in [0.25, 0.3) is 5.91 Å². The predicted octanol–water partition coefficient (Wildman–Crippen LogP) is 2.36. The first-order valence-corrected chi connectivity index (χ1v) is 7.91. The minimum absolute atomic E-state index is 0.0840. The molecule has 21 heavy (non-hydrogen) atoms. The van der Waals surface area contributed by atoms with Crippen LogP contribution < -0.4 is 4.74 Å². The van der Waals surface area contributed by atoms with Gasteiger partial charge >= 0.3 is 0 Å². The van der Waals surface area contributed by atoms with Gasteiger partial charge in [-0.3, -0.25) is 4.79 Å². The first kappa shape index (κ1) is 14.4. The molecule has 0 aliphatic carbocycles. The number of carbonyl (C=O) groups is 1. The van der Waals surface area contributed by atoms with E-state index in [0.29, 0.717) is 19.3 Å². The van der Waals surface area contributed by atoms with Crippen molar-refractivity contribution in [2.45, 2.75) is 63.3 Å². The lowest BCUT2D eigenvalue weighted by Gasteiger charge is -2.38. The lowest BCUT2D eigenvalue weighted by Crippen LogP contribution is -2.52. The molecule has 0 saturated carbocycles. The molecule has 0 radical (unpaired) electrons. The van der Waals surface area contributed by atoms with Crippen LogP contribution in [0.2, 0.25) is 0 Å². The summed E-state index contributed by atoms with van der Waals surface area (Å²) < 4.78 is 5.88. The SMILES string of the molecule is CCC(Oc1ccccc1)C(=O)N1C2CCC1CC(O)C2. The van der Waals surface area contributed by atoms with Crippen molar-refractivity contribution in [3.63, 3.8) is 0 Å². The summed E-state index contributed by atoms with van der Waals surface area (Å²) in [6, 6.07) is 9.90. The van der Waals surface area contributed by atoms with Crippen molar-refractivity contribution in [2.24, 2.45) is 0 Å². The number of aliphatic hydroxyl groups excluding tert-OH is 1. The van der Waals surface area contributed by atoms with Crippen molar-refractivity contribution < 1.29 is 14.6 Å². The van der Waals surface area contributed by atoms with Crippen LogP contribution in [0.1, 0.15) is 39.0 Å². The molecule has 4 heteroatoms. The molecule has 3 atom stereocenters. The second kappa shape index (κ2) is 6.06. The summed E-state index contributed by atoms with van der Waals surface area (Å²) in [5.41, 5.74) is 0. The van der Waals surface area contributed by atoms with Gasteiger partial charge in [-0.05, 0) is 44.2 Å². The number of hydrogen-bond acceptors (Lipinski definition) is 3. The van der Waals surface area contributed by atoms with E-state index in [4.69, 9.17) is 4.74 Å². The number of hydrogen-bond donors (Lipinski definition) is 1. The Balaban J connectivity index is 1.71. The summed E-state index contributed by atoms with van der Waals surface area (Å²) in [6.45, 7) is 1.98. The summed E-state index contributed by atoms with van der Waals surface area (Å²) >= 11 is 0. The Morgan fingerprint density at radius 2 is 1.90 bits per heavy atom. The van der Waals surface area contributed by atoms with E-state index in [9.17, 15) is 9.90 Å². The van der Waals surface area contributed by atoms with Crippen molar-refractivity contribution >= 4 is 5.91 Å². The first-order valence-electron chi connectivity index (χ1n) is 7.91. The lowest BCUT2D eigenvalue weighted by atomic mass is 9.99. The van der Waals surface area contributed by atoms with E-state index in [1.807, 2.05) is 42.2 Å². The molecule has 114 valence electrons. The second-order valence-electron chi connectivity index (χ2n) is 6.08. The Kier molecular flexibility index (Phi) is 4.15. The van der Waals surface area contributed by atoms with E-state index in [1.54, 1.807) is 0 Å². The van der Waals surface area contributed by atoms with Gasteiger partial charge in [-0.1, -0.05) is 25.1 Å². The summed E-state index contributed by atoms with van der Waals surface area (Å²) in [6.07, 6.45) is 3.43. The third kappa shape index (κ3) is 2.91. The van der Waals surface area contributed by atoms with Crippen LogP contribution in [-0.2, 0) is 4.79 Å². The molecule has 2 aliphatic heterocycles. The standard InChI is InChI=1S/C17H23NO3/c1-2-16(21-15-6-4-3-5-7-15)17(20)18-12-8-9-13(18)11-14(19)10-12/h3-7,12-14,16,19H,2,8-11H2,1H3. The van der Waals surface area contributed by atoms with Gasteiger partial charge in [0.2, 0.25) is 0 Å². The number of aliphatic hydroxyl groups is 1. The number of para-hydroxylation sites is 1. The van der Waals surface area contributed by atoms with Crippen LogP contribution in [0.15, 0.2) is 30.3 Å². The van der Waals surface area contributed by atoms with Gasteiger partial charge < -0.3 is 14.7 Å². The van der Waals surface area contributed by atoms with Crippen LogP contribution in [0.3, 0.4) is 0 Å². The van der Waals surface area contributed by atoms with Gasteiger partial charge in [-0.25, -0.2) is 0 Å². The van der Waals surface area contributed by atoms with Crippen molar-refractivity contribution in [3.05, 3.63) is 30.3 Å². The average Bonchev–Trinajstić information content (AvgIpc) is 2.77. The summed E-state index contributed by atoms with van der Waals surface area (Å²) in [5.74, 6) is 0.822. The number of carbonyl (C=O) groups excluding carboxylic acids is 1. The molecule has 3 unspecified atom stereocenters. The molecule has 1 aromatic rings. The van der Waals surface area contributed by atoms with Gasteiger partial charge in [-0.15, -0.1) is 0 Å². The van der Waals surface area contributed by atoms with E-state index >= 15 is 0 Å². The Hall–Kier alpha value is -1.55. The number of ether oxygens (including phenoxy) is 1. The third-order valence-electron chi connectivity index (χ3n) is 4.63. The molecule has 3 rings (SSSR count). The number of nitrogens with zero attached hydrogens (tertiary/aromatic N) is 1. The first-order chi connectivity index (χ1) is 10.2. The molecular formula is C17H23NO3. The molecule has 2 fully saturated rings. The largest absolute Gasteiger partial charge is 0.481 e. The Labute approximate surface area is 125 Å². The van der Waals surface area contributed by atoms with Crippen molar-refractivity contribution in [1.29, 1.82) is 0 Å². The molecule has 4 nitrogen and oxygen atoms in total. The number of piperidine rings is 1. The zero-order valence-corrected chi connectivity index (χ0v) is 12.4. The Morgan fingerprint density at radius 1 is 1.29 bits per heavy atom. The van der Waals surface area contributed by atoms with E-state index in [-0.39, 0.29) is 24.1 Å². The van der Waals surface area contributed by atoms with Crippen LogP contribution in [0.25, 0.3) is 0 Å². The fourth-order valence-corrected chi connectivity index (χ4v) is 3.65. The van der Waals surface area contributed by atoms with Crippen molar-refractivity contribution in [2.75, 3.05) is 0 Å². The predicted molar refractivity (Wildman–Crippen MR) is 80.0 cm³/mol.